The molecule has 0 aliphatic heterocycles. The number of allylic oxidation sites excluding steroid dienone is 2. The first-order valence-corrected chi connectivity index (χ1v) is 9.65. The van der Waals surface area contributed by atoms with E-state index < -0.39 is 17.8 Å². The first kappa shape index (κ1) is 23.1. The first-order chi connectivity index (χ1) is 15.2. The number of nitrogens with two attached hydrogens (primary N) is 1. The number of alkyl halides is 3. The molecule has 0 atom stereocenters. The van der Waals surface area contributed by atoms with Crippen molar-refractivity contribution in [3.63, 3.8) is 0 Å². The Bertz CT molecular complexity index is 1130. The van der Waals surface area contributed by atoms with Gasteiger partial charge in [0, 0.05) is 17.5 Å². The Morgan fingerprint density at radius 3 is 2.47 bits per heavy atom. The van der Waals surface area contributed by atoms with Crippen molar-refractivity contribution in [3.05, 3.63) is 94.5 Å². The number of aromatic nitrogens is 1. The third kappa shape index (κ3) is 6.21. The van der Waals surface area contributed by atoms with Crippen LogP contribution in [-0.2, 0) is 11.2 Å². The zero-order chi connectivity index (χ0) is 23.1. The molecule has 10 heteroatoms. The maximum absolute atomic E-state index is 13.0. The summed E-state index contributed by atoms with van der Waals surface area (Å²) in [5.74, 6) is -0.581. The van der Waals surface area contributed by atoms with E-state index in [9.17, 15) is 18.0 Å². The molecule has 0 amide bonds. The van der Waals surface area contributed by atoms with Crippen molar-refractivity contribution in [3.8, 4) is 0 Å². The molecule has 0 saturated carbocycles. The van der Waals surface area contributed by atoms with Gasteiger partial charge in [-0.15, -0.1) is 0 Å². The number of esters is 1. The molecule has 3 rings (SSSR count). The van der Waals surface area contributed by atoms with Crippen LogP contribution in [0, 0.1) is 0 Å². The quantitative estimate of drug-likeness (QED) is 0.381. The van der Waals surface area contributed by atoms with Gasteiger partial charge in [-0.25, -0.2) is 9.79 Å². The molecule has 0 bridgehead atoms. The lowest BCUT2D eigenvalue weighted by atomic mass is 10.1. The van der Waals surface area contributed by atoms with Gasteiger partial charge in [-0.2, -0.15) is 13.2 Å². The molecule has 166 valence electrons. The predicted molar refractivity (Wildman–Crippen MR) is 113 cm³/mol. The molecule has 0 aliphatic rings. The number of hydrogen-bond donors (Lipinski definition) is 1. The van der Waals surface area contributed by atoms with Crippen LogP contribution in [0.25, 0.3) is 0 Å². The van der Waals surface area contributed by atoms with E-state index in [2.05, 4.69) is 10.1 Å². The van der Waals surface area contributed by atoms with Crippen molar-refractivity contribution >= 4 is 29.0 Å². The van der Waals surface area contributed by atoms with E-state index in [-0.39, 0.29) is 28.6 Å². The van der Waals surface area contributed by atoms with E-state index in [0.29, 0.717) is 12.0 Å². The molecule has 0 unspecified atom stereocenters. The van der Waals surface area contributed by atoms with Crippen molar-refractivity contribution < 1.29 is 27.2 Å². The first-order valence-electron chi connectivity index (χ1n) is 9.27. The minimum absolute atomic E-state index is 0.0692. The lowest BCUT2D eigenvalue weighted by molar-refractivity contribution is -0.0925. The Hall–Kier alpha value is -3.59. The van der Waals surface area contributed by atoms with Gasteiger partial charge in [0.2, 0.25) is 0 Å². The van der Waals surface area contributed by atoms with Gasteiger partial charge < -0.3 is 15.0 Å². The highest BCUT2D eigenvalue weighted by Gasteiger charge is 2.31. The van der Waals surface area contributed by atoms with Crippen LogP contribution in [0.5, 0.6) is 0 Å². The SMILES string of the molecule is NC(=CC(=Nc1ccccc1Cl)c1ccc(C(=O)OCCc2cnoc2)cc1)C(F)(F)F. The van der Waals surface area contributed by atoms with E-state index in [0.717, 1.165) is 11.6 Å². The molecule has 1 aromatic heterocycles. The molecule has 6 nitrogen and oxygen atoms in total. The second-order valence-corrected chi connectivity index (χ2v) is 6.95. The fourth-order valence-electron chi connectivity index (χ4n) is 2.55. The monoisotopic (exact) mass is 463 g/mol. The highest BCUT2D eigenvalue weighted by Crippen LogP contribution is 2.27. The van der Waals surface area contributed by atoms with Crippen LogP contribution in [0.2, 0.25) is 5.02 Å². The second kappa shape index (κ2) is 10.1. The van der Waals surface area contributed by atoms with Gasteiger partial charge in [-0.3, -0.25) is 0 Å². The van der Waals surface area contributed by atoms with Gasteiger partial charge in [-0.05, 0) is 30.3 Å². The molecule has 0 aliphatic carbocycles. The number of aliphatic imine (C=N–C) groups is 1. The molecule has 32 heavy (non-hydrogen) atoms. The Morgan fingerprint density at radius 1 is 1.16 bits per heavy atom. The summed E-state index contributed by atoms with van der Waals surface area (Å²) in [5, 5.41) is 3.82. The predicted octanol–water partition coefficient (Wildman–Crippen LogP) is 5.25. The van der Waals surface area contributed by atoms with Crippen LogP contribution in [0.15, 0.2) is 82.3 Å². The zero-order valence-electron chi connectivity index (χ0n) is 16.5. The molecule has 1 heterocycles. The minimum atomic E-state index is -4.73. The fraction of sp³-hybridized carbons (Fsp3) is 0.136. The highest BCUT2D eigenvalue weighted by molar-refractivity contribution is 6.33. The summed E-state index contributed by atoms with van der Waals surface area (Å²) >= 11 is 6.08. The standard InChI is InChI=1S/C22H17ClF3N3O3/c23-17-3-1-2-4-18(17)29-19(11-20(27)22(24,25)26)15-5-7-16(8-6-15)21(30)31-10-9-14-12-28-32-13-14/h1-8,11-13H,9-10,27H2. The smallest absolute Gasteiger partial charge is 0.430 e. The number of carbonyl (C=O) groups is 1. The molecule has 2 N–H and O–H groups in total. The van der Waals surface area contributed by atoms with Crippen molar-refractivity contribution in [2.45, 2.75) is 12.6 Å². The number of carbonyl (C=O) groups excluding carboxylic acids is 1. The summed E-state index contributed by atoms with van der Waals surface area (Å²) in [6.07, 6.45) is -0.611. The number of halogens is 4. The molecule has 3 aromatic rings. The second-order valence-electron chi connectivity index (χ2n) is 6.54. The lowest BCUT2D eigenvalue weighted by Gasteiger charge is -2.10. The molecule has 0 spiro atoms. The summed E-state index contributed by atoms with van der Waals surface area (Å²) in [6.45, 7) is 0.117. The maximum atomic E-state index is 13.0. The van der Waals surface area contributed by atoms with Crippen LogP contribution in [0.1, 0.15) is 21.5 Å². The summed E-state index contributed by atoms with van der Waals surface area (Å²) < 4.78 is 48.8. The third-order valence-corrected chi connectivity index (χ3v) is 4.56. The van der Waals surface area contributed by atoms with E-state index in [1.165, 1.54) is 36.7 Å². The number of nitrogens with zero attached hydrogens (tertiary/aromatic N) is 2. The number of hydrogen-bond acceptors (Lipinski definition) is 6. The molecule has 0 saturated heterocycles. The number of para-hydroxylation sites is 1. The lowest BCUT2D eigenvalue weighted by Crippen LogP contribution is -2.21. The maximum Gasteiger partial charge on any atom is 0.430 e. The van der Waals surface area contributed by atoms with Gasteiger partial charge in [0.1, 0.15) is 12.0 Å². The van der Waals surface area contributed by atoms with Crippen LogP contribution >= 0.6 is 11.6 Å². The van der Waals surface area contributed by atoms with Crippen molar-refractivity contribution in [1.82, 2.24) is 5.16 Å². The Kier molecular flexibility index (Phi) is 7.32. The van der Waals surface area contributed by atoms with Crippen molar-refractivity contribution in [2.24, 2.45) is 10.7 Å². The van der Waals surface area contributed by atoms with Crippen molar-refractivity contribution in [2.75, 3.05) is 6.61 Å². The van der Waals surface area contributed by atoms with Gasteiger partial charge in [0.15, 0.2) is 0 Å². The normalized spacial score (nSPS) is 12.6. The summed E-state index contributed by atoms with van der Waals surface area (Å²) in [6, 6.07) is 12.2. The Morgan fingerprint density at radius 2 is 1.84 bits per heavy atom. The average molecular weight is 464 g/mol. The van der Waals surface area contributed by atoms with Crippen molar-refractivity contribution in [1.29, 1.82) is 0 Å². The minimum Gasteiger partial charge on any atom is -0.462 e. The third-order valence-electron chi connectivity index (χ3n) is 4.24. The van der Waals surface area contributed by atoms with Crippen LogP contribution in [-0.4, -0.2) is 29.6 Å². The number of benzene rings is 2. The molecule has 0 radical (unpaired) electrons. The molecule has 2 aromatic carbocycles. The van der Waals surface area contributed by atoms with E-state index >= 15 is 0 Å². The van der Waals surface area contributed by atoms with Gasteiger partial charge in [-0.1, -0.05) is 41.0 Å². The van der Waals surface area contributed by atoms with Crippen LogP contribution in [0.3, 0.4) is 0 Å². The number of ether oxygens (including phenoxy) is 1. The Balaban J connectivity index is 1.82. The summed E-state index contributed by atoms with van der Waals surface area (Å²) in [5.41, 5.74) is 5.38. The zero-order valence-corrected chi connectivity index (χ0v) is 17.2. The summed E-state index contributed by atoms with van der Waals surface area (Å²) in [4.78, 5) is 16.4. The highest BCUT2D eigenvalue weighted by atomic mass is 35.5. The van der Waals surface area contributed by atoms with Crippen LogP contribution in [0.4, 0.5) is 18.9 Å². The summed E-state index contributed by atoms with van der Waals surface area (Å²) in [7, 11) is 0. The van der Waals surface area contributed by atoms with E-state index in [4.69, 9.17) is 26.6 Å². The fourth-order valence-corrected chi connectivity index (χ4v) is 2.73. The molecule has 0 fully saturated rings. The van der Waals surface area contributed by atoms with Gasteiger partial charge in [0.25, 0.3) is 0 Å². The van der Waals surface area contributed by atoms with Gasteiger partial charge >= 0.3 is 12.1 Å². The van der Waals surface area contributed by atoms with Crippen LogP contribution < -0.4 is 5.73 Å². The number of rotatable bonds is 7. The topological polar surface area (TPSA) is 90.7 Å². The van der Waals surface area contributed by atoms with E-state index in [1.807, 2.05) is 0 Å². The van der Waals surface area contributed by atoms with Gasteiger partial charge in [0.05, 0.1) is 34.8 Å². The molecular formula is C22H17ClF3N3O3. The largest absolute Gasteiger partial charge is 0.462 e. The van der Waals surface area contributed by atoms with E-state index in [1.54, 1.807) is 24.3 Å². The molecular weight excluding hydrogens is 447 g/mol. The average Bonchev–Trinajstić information content (AvgIpc) is 3.27. The Labute approximate surface area is 186 Å².